The minimum absolute atomic E-state index is 0.213. The average Bonchev–Trinajstić information content (AvgIpc) is 2.35. The summed E-state index contributed by atoms with van der Waals surface area (Å²) in [5, 5.41) is 1.63. The van der Waals surface area contributed by atoms with Crippen molar-refractivity contribution in [1.29, 1.82) is 0 Å². The van der Waals surface area contributed by atoms with Crippen LogP contribution in [0.15, 0.2) is 0 Å². The van der Waals surface area contributed by atoms with Crippen LogP contribution in [0, 0.1) is 5.41 Å². The summed E-state index contributed by atoms with van der Waals surface area (Å²) >= 11 is 4.74. The lowest BCUT2D eigenvalue weighted by molar-refractivity contribution is -0.139. The van der Waals surface area contributed by atoms with Gasteiger partial charge in [0.15, 0.2) is 12.4 Å². The topological polar surface area (TPSA) is 84.5 Å². The Morgan fingerprint density at radius 2 is 2.00 bits per heavy atom. The molecule has 2 amide bonds. The van der Waals surface area contributed by atoms with E-state index in [0.717, 1.165) is 12.8 Å². The van der Waals surface area contributed by atoms with Gasteiger partial charge in [-0.1, -0.05) is 26.1 Å². The van der Waals surface area contributed by atoms with Crippen LogP contribution >= 0.6 is 12.2 Å². The first-order valence-electron chi connectivity index (χ1n) is 5.86. The summed E-state index contributed by atoms with van der Waals surface area (Å²) in [6, 6.07) is 0. The molecule has 7 heteroatoms. The lowest BCUT2D eigenvalue weighted by atomic mass is 9.84. The second kappa shape index (κ2) is 8.71. The van der Waals surface area contributed by atoms with Crippen LogP contribution in [-0.4, -0.2) is 36.7 Å². The Balaban J connectivity index is 4.14. The monoisotopic (exact) mass is 288 g/mol. The van der Waals surface area contributed by atoms with Crippen molar-refractivity contribution in [2.45, 2.75) is 39.2 Å². The molecule has 6 nitrogen and oxygen atoms in total. The minimum Gasteiger partial charge on any atom is -0.364 e. The fourth-order valence-corrected chi connectivity index (χ4v) is 1.56. The van der Waals surface area contributed by atoms with Crippen LogP contribution in [0.1, 0.15) is 33.1 Å². The smallest absolute Gasteiger partial charge is 0.274 e. The Morgan fingerprint density at radius 1 is 1.37 bits per heavy atom. The Hall–Kier alpha value is -1.34. The highest BCUT2D eigenvalue weighted by atomic mass is 32.1. The van der Waals surface area contributed by atoms with E-state index in [4.69, 9.17) is 12.2 Å². The van der Waals surface area contributed by atoms with Crippen molar-refractivity contribution >= 4 is 35.7 Å². The van der Waals surface area contributed by atoms with E-state index in [0.29, 0.717) is 6.29 Å². The molecule has 0 fully saturated rings. The largest absolute Gasteiger partial charge is 0.364 e. The van der Waals surface area contributed by atoms with E-state index in [1.54, 1.807) is 5.37 Å². The fourth-order valence-electron chi connectivity index (χ4n) is 1.44. The number of ether oxygens (including phenoxy) is 1. The molecule has 0 saturated heterocycles. The van der Waals surface area contributed by atoms with Crippen molar-refractivity contribution < 1.29 is 19.1 Å². The van der Waals surface area contributed by atoms with Gasteiger partial charge in [-0.25, -0.2) is 0 Å². The molecule has 1 unspecified atom stereocenters. The Bertz CT molecular complexity index is 345. The third-order valence-electron chi connectivity index (χ3n) is 2.54. The van der Waals surface area contributed by atoms with Crippen LogP contribution in [0.4, 0.5) is 0 Å². The zero-order valence-electron chi connectivity index (χ0n) is 11.4. The van der Waals surface area contributed by atoms with Crippen LogP contribution < -0.4 is 10.9 Å². The van der Waals surface area contributed by atoms with Crippen molar-refractivity contribution in [2.75, 3.05) is 7.11 Å². The zero-order valence-corrected chi connectivity index (χ0v) is 12.2. The van der Waals surface area contributed by atoms with E-state index < -0.39 is 12.0 Å². The van der Waals surface area contributed by atoms with Crippen LogP contribution in [0.25, 0.3) is 0 Å². The summed E-state index contributed by atoms with van der Waals surface area (Å²) in [5.41, 5.74) is 4.18. The second-order valence-electron chi connectivity index (χ2n) is 4.88. The highest BCUT2D eigenvalue weighted by Gasteiger charge is 2.22. The molecule has 108 valence electrons. The van der Waals surface area contributed by atoms with Crippen molar-refractivity contribution in [3.8, 4) is 0 Å². The van der Waals surface area contributed by atoms with E-state index in [-0.39, 0.29) is 17.7 Å². The van der Waals surface area contributed by atoms with Crippen molar-refractivity contribution in [2.24, 2.45) is 5.41 Å². The van der Waals surface area contributed by atoms with Gasteiger partial charge < -0.3 is 4.74 Å². The second-order valence-corrected chi connectivity index (χ2v) is 5.21. The molecule has 0 aromatic heterocycles. The van der Waals surface area contributed by atoms with Gasteiger partial charge in [0.2, 0.25) is 5.91 Å². The molecular weight excluding hydrogens is 268 g/mol. The van der Waals surface area contributed by atoms with Gasteiger partial charge in [-0.15, -0.1) is 0 Å². The van der Waals surface area contributed by atoms with Crippen molar-refractivity contribution in [3.05, 3.63) is 0 Å². The molecule has 0 bridgehead atoms. The van der Waals surface area contributed by atoms with Crippen LogP contribution in [0.2, 0.25) is 0 Å². The van der Waals surface area contributed by atoms with Crippen molar-refractivity contribution in [1.82, 2.24) is 10.9 Å². The Kier molecular flexibility index (Phi) is 8.09. The summed E-state index contributed by atoms with van der Waals surface area (Å²) in [4.78, 5) is 33.4. The van der Waals surface area contributed by atoms with E-state index >= 15 is 0 Å². The standard InChI is InChI=1S/C12H20N2O4S/c1-12(2,5-4-6-19)7-10(16)13-14-11(17)9(8-15)18-3/h6,8-9H,4-5,7H2,1-3H3,(H,13,16)(H,14,17). The molecule has 19 heavy (non-hydrogen) atoms. The maximum absolute atomic E-state index is 11.6. The number of carbonyl (C=O) groups excluding carboxylic acids is 3. The number of carbonyl (C=O) groups is 3. The SMILES string of the molecule is COC(C=O)C(=O)NNC(=O)CC(C)(C)CCC=S. The van der Waals surface area contributed by atoms with Gasteiger partial charge in [0.1, 0.15) is 0 Å². The normalized spacial score (nSPS) is 12.4. The van der Waals surface area contributed by atoms with E-state index in [9.17, 15) is 14.4 Å². The molecule has 0 spiro atoms. The van der Waals surface area contributed by atoms with E-state index in [1.165, 1.54) is 7.11 Å². The molecule has 0 radical (unpaired) electrons. The number of rotatable bonds is 8. The average molecular weight is 288 g/mol. The number of nitrogens with one attached hydrogen (secondary N) is 2. The number of amides is 2. The molecule has 0 aliphatic rings. The highest BCUT2D eigenvalue weighted by Crippen LogP contribution is 2.25. The third-order valence-corrected chi connectivity index (χ3v) is 2.77. The molecule has 1 atom stereocenters. The first-order chi connectivity index (χ1) is 8.86. The quantitative estimate of drug-likeness (QED) is 0.295. The van der Waals surface area contributed by atoms with Gasteiger partial charge in [0.25, 0.3) is 5.91 Å². The van der Waals surface area contributed by atoms with Gasteiger partial charge in [0.05, 0.1) is 0 Å². The number of hydrogen-bond acceptors (Lipinski definition) is 5. The number of hydrazine groups is 1. The highest BCUT2D eigenvalue weighted by molar-refractivity contribution is 7.78. The van der Waals surface area contributed by atoms with Crippen molar-refractivity contribution in [3.63, 3.8) is 0 Å². The Labute approximate surface area is 118 Å². The van der Waals surface area contributed by atoms with Gasteiger partial charge in [-0.05, 0) is 23.6 Å². The summed E-state index contributed by atoms with van der Waals surface area (Å²) in [6.07, 6.45) is 0.911. The predicted molar refractivity (Wildman–Crippen MR) is 74.4 cm³/mol. The molecule has 0 aliphatic carbocycles. The summed E-state index contributed by atoms with van der Waals surface area (Å²) in [6.45, 7) is 3.88. The number of aldehydes is 1. The zero-order chi connectivity index (χ0) is 14.9. The first-order valence-corrected chi connectivity index (χ1v) is 6.34. The van der Waals surface area contributed by atoms with Gasteiger partial charge in [-0.2, -0.15) is 0 Å². The molecule has 0 rings (SSSR count). The van der Waals surface area contributed by atoms with Gasteiger partial charge >= 0.3 is 0 Å². The van der Waals surface area contributed by atoms with E-state index in [2.05, 4.69) is 15.6 Å². The maximum Gasteiger partial charge on any atom is 0.274 e. The Morgan fingerprint density at radius 3 is 2.47 bits per heavy atom. The first kappa shape index (κ1) is 17.7. The molecule has 0 aromatic rings. The summed E-state index contributed by atoms with van der Waals surface area (Å²) in [5.74, 6) is -1.04. The molecule has 0 saturated carbocycles. The number of hydrogen-bond donors (Lipinski definition) is 2. The predicted octanol–water partition coefficient (Wildman–Crippen LogP) is 0.544. The summed E-state index contributed by atoms with van der Waals surface area (Å²) < 4.78 is 4.60. The molecule has 0 aliphatic heterocycles. The van der Waals surface area contributed by atoms with Crippen LogP contribution in [0.5, 0.6) is 0 Å². The van der Waals surface area contributed by atoms with Crippen LogP contribution in [0.3, 0.4) is 0 Å². The molecule has 0 aromatic carbocycles. The molecule has 2 N–H and O–H groups in total. The lowest BCUT2D eigenvalue weighted by Gasteiger charge is -2.23. The number of thiocarbonyl (C=S) groups is 1. The van der Waals surface area contributed by atoms with Gasteiger partial charge in [0, 0.05) is 13.5 Å². The summed E-state index contributed by atoms with van der Waals surface area (Å²) in [7, 11) is 1.23. The molecular formula is C12H20N2O4S. The molecule has 0 heterocycles. The van der Waals surface area contributed by atoms with Gasteiger partial charge in [-0.3, -0.25) is 25.2 Å². The van der Waals surface area contributed by atoms with E-state index in [1.807, 2.05) is 13.8 Å². The number of methoxy groups -OCH3 is 1. The minimum atomic E-state index is -1.22. The maximum atomic E-state index is 11.6. The third kappa shape index (κ3) is 7.63. The lowest BCUT2D eigenvalue weighted by Crippen LogP contribution is -2.48. The van der Waals surface area contributed by atoms with Crippen LogP contribution in [-0.2, 0) is 19.1 Å². The fraction of sp³-hybridized carbons (Fsp3) is 0.667.